The Labute approximate surface area is 200 Å². The first-order chi connectivity index (χ1) is 16.0. The minimum Gasteiger partial charge on any atom is -0.458 e. The number of cyclic esters (lactones) is 1. The summed E-state index contributed by atoms with van der Waals surface area (Å²) in [5.41, 5.74) is -1.79. The summed E-state index contributed by atoms with van der Waals surface area (Å²) in [5.74, 6) is 0.710. The van der Waals surface area contributed by atoms with Gasteiger partial charge in [-0.25, -0.2) is 4.79 Å². The second-order valence-corrected chi connectivity index (χ2v) is 11.8. The lowest BCUT2D eigenvalue weighted by molar-refractivity contribution is -0.254. The molecule has 0 bridgehead atoms. The molecule has 1 heterocycles. The molecular weight excluding hydrogens is 436 g/mol. The number of ether oxygens (including phenoxy) is 1. The largest absolute Gasteiger partial charge is 0.458 e. The summed E-state index contributed by atoms with van der Waals surface area (Å²) in [7, 11) is 0. The number of carbonyl (C=O) groups is 2. The van der Waals surface area contributed by atoms with E-state index < -0.39 is 29.2 Å². The Kier molecular flexibility index (Phi) is 5.87. The average molecular weight is 475 g/mol. The van der Waals surface area contributed by atoms with Crippen molar-refractivity contribution >= 4 is 11.8 Å². The molecule has 0 aromatic carbocycles. The summed E-state index contributed by atoms with van der Waals surface area (Å²) in [6.45, 7) is 5.51. The van der Waals surface area contributed by atoms with E-state index >= 15 is 0 Å². The van der Waals surface area contributed by atoms with E-state index in [1.54, 1.807) is 6.92 Å². The van der Waals surface area contributed by atoms with Crippen LogP contribution in [0.4, 0.5) is 0 Å². The van der Waals surface area contributed by atoms with E-state index in [4.69, 9.17) is 4.74 Å². The third kappa shape index (κ3) is 3.09. The second kappa shape index (κ2) is 8.26. The van der Waals surface area contributed by atoms with Gasteiger partial charge >= 0.3 is 5.97 Å². The van der Waals surface area contributed by atoms with E-state index in [-0.39, 0.29) is 36.2 Å². The van der Waals surface area contributed by atoms with Gasteiger partial charge in [-0.3, -0.25) is 4.79 Å². The third-order valence-electron chi connectivity index (χ3n) is 10.7. The zero-order valence-electron chi connectivity index (χ0n) is 20.3. The monoisotopic (exact) mass is 474 g/mol. The average Bonchev–Trinajstić information content (AvgIpc) is 3.23. The number of allylic oxidation sites excluding steroid dienone is 1. The quantitative estimate of drug-likeness (QED) is 0.461. The zero-order valence-corrected chi connectivity index (χ0v) is 20.3. The van der Waals surface area contributed by atoms with Crippen LogP contribution in [0.25, 0.3) is 0 Å². The van der Waals surface area contributed by atoms with E-state index in [0.717, 1.165) is 31.3 Å². The van der Waals surface area contributed by atoms with Crippen molar-refractivity contribution in [2.45, 2.75) is 83.2 Å². The van der Waals surface area contributed by atoms with E-state index in [1.165, 1.54) is 12.2 Å². The smallest absolute Gasteiger partial charge is 0.336 e. The molecular formula is C27H38O7. The first-order valence-electron chi connectivity index (χ1n) is 12.9. The molecule has 188 valence electrons. The molecule has 0 aromatic heterocycles. The number of ketones is 1. The molecule has 4 aliphatic carbocycles. The first-order valence-corrected chi connectivity index (χ1v) is 12.9. The van der Waals surface area contributed by atoms with Gasteiger partial charge in [-0.05, 0) is 93.6 Å². The highest BCUT2D eigenvalue weighted by atomic mass is 16.5. The summed E-state index contributed by atoms with van der Waals surface area (Å²) < 4.78 is 5.75. The van der Waals surface area contributed by atoms with E-state index in [9.17, 15) is 30.0 Å². The van der Waals surface area contributed by atoms with Crippen molar-refractivity contribution in [3.8, 4) is 0 Å². The number of rotatable bonds is 3. The normalized spacial score (nSPS) is 49.3. The van der Waals surface area contributed by atoms with Crippen molar-refractivity contribution in [1.82, 2.24) is 0 Å². The Bertz CT molecular complexity index is 939. The van der Waals surface area contributed by atoms with Crippen LogP contribution in [-0.4, -0.2) is 62.7 Å². The zero-order chi connectivity index (χ0) is 24.6. The van der Waals surface area contributed by atoms with Crippen LogP contribution >= 0.6 is 0 Å². The van der Waals surface area contributed by atoms with Crippen LogP contribution in [0.1, 0.15) is 59.3 Å². The Morgan fingerprint density at radius 1 is 1.12 bits per heavy atom. The van der Waals surface area contributed by atoms with Crippen LogP contribution in [0.15, 0.2) is 23.3 Å². The lowest BCUT2D eigenvalue weighted by Crippen LogP contribution is -2.73. The number of hydrogen-bond donors (Lipinski definition) is 4. The van der Waals surface area contributed by atoms with Gasteiger partial charge in [-0.1, -0.05) is 12.5 Å². The number of hydrogen-bond acceptors (Lipinski definition) is 7. The molecule has 0 saturated heterocycles. The summed E-state index contributed by atoms with van der Waals surface area (Å²) in [6, 6.07) is 0. The summed E-state index contributed by atoms with van der Waals surface area (Å²) in [4.78, 5) is 25.5. The molecule has 3 fully saturated rings. The van der Waals surface area contributed by atoms with E-state index in [2.05, 4.69) is 6.92 Å². The lowest BCUT2D eigenvalue weighted by atomic mass is 9.44. The molecule has 0 radical (unpaired) electrons. The topological polar surface area (TPSA) is 124 Å². The molecule has 0 aromatic rings. The molecule has 5 rings (SSSR count). The molecule has 34 heavy (non-hydrogen) atoms. The lowest BCUT2D eigenvalue weighted by Gasteiger charge is -2.62. The first kappa shape index (κ1) is 24.2. The molecule has 4 N–H and O–H groups in total. The minimum atomic E-state index is -1.86. The predicted molar refractivity (Wildman–Crippen MR) is 123 cm³/mol. The fourth-order valence-corrected chi connectivity index (χ4v) is 8.76. The van der Waals surface area contributed by atoms with Gasteiger partial charge in [0.15, 0.2) is 5.78 Å². The number of fused-ring (bicyclic) bond motifs is 5. The van der Waals surface area contributed by atoms with Crippen LogP contribution in [0.5, 0.6) is 0 Å². The fraction of sp³-hybridized carbons (Fsp3) is 0.778. The maximum Gasteiger partial charge on any atom is 0.336 e. The van der Waals surface area contributed by atoms with Gasteiger partial charge in [-0.15, -0.1) is 0 Å². The standard InChI is InChI=1S/C27H38O7/c1-13-10-21(34-25(32)19(13)12-28)14(2)15-4-5-17-16(15)6-7-20-18(17)11-24(31)27(33)23(30)9-8-22(29)26(20,27)3/h8-9,14-18,20-21,23-24,28,30-31,33H,4-7,10-12H2,1-3H3. The van der Waals surface area contributed by atoms with Crippen molar-refractivity contribution in [3.05, 3.63) is 23.3 Å². The second-order valence-electron chi connectivity index (χ2n) is 11.8. The van der Waals surface area contributed by atoms with E-state index in [0.29, 0.717) is 36.2 Å². The number of aliphatic hydroxyl groups excluding tert-OH is 3. The molecule has 1 aliphatic heterocycles. The minimum absolute atomic E-state index is 0.0897. The third-order valence-corrected chi connectivity index (χ3v) is 10.7. The molecule has 5 aliphatic rings. The Balaban J connectivity index is 1.39. The van der Waals surface area contributed by atoms with Gasteiger partial charge < -0.3 is 25.2 Å². The Hall–Kier alpha value is -1.54. The molecule has 3 saturated carbocycles. The number of esters is 1. The van der Waals surface area contributed by atoms with E-state index in [1.807, 2.05) is 6.92 Å². The molecule has 7 nitrogen and oxygen atoms in total. The van der Waals surface area contributed by atoms with Crippen molar-refractivity contribution in [2.24, 2.45) is 40.9 Å². The van der Waals surface area contributed by atoms with Crippen LogP contribution in [-0.2, 0) is 14.3 Å². The highest BCUT2D eigenvalue weighted by Crippen LogP contribution is 2.64. The Morgan fingerprint density at radius 3 is 2.50 bits per heavy atom. The van der Waals surface area contributed by atoms with Gasteiger partial charge in [0.05, 0.1) is 23.7 Å². The van der Waals surface area contributed by atoms with Gasteiger partial charge in [0.2, 0.25) is 0 Å². The van der Waals surface area contributed by atoms with Crippen LogP contribution in [0, 0.1) is 40.9 Å². The van der Waals surface area contributed by atoms with Crippen LogP contribution in [0.2, 0.25) is 0 Å². The van der Waals surface area contributed by atoms with Crippen LogP contribution in [0.3, 0.4) is 0 Å². The predicted octanol–water partition coefficient (Wildman–Crippen LogP) is 1.92. The van der Waals surface area contributed by atoms with Crippen LogP contribution < -0.4 is 0 Å². The summed E-state index contributed by atoms with van der Waals surface area (Å²) in [5, 5.41) is 42.7. The SMILES string of the molecule is CC1=C(CO)C(=O)OC(C(C)C2CCC3C2CCC2C3CC(O)C3(O)C(O)C=CC(=O)C23C)C1. The van der Waals surface area contributed by atoms with Gasteiger partial charge in [0, 0.05) is 6.42 Å². The van der Waals surface area contributed by atoms with Gasteiger partial charge in [0.1, 0.15) is 17.8 Å². The number of carbonyl (C=O) groups excluding carboxylic acids is 2. The fourth-order valence-electron chi connectivity index (χ4n) is 8.76. The summed E-state index contributed by atoms with van der Waals surface area (Å²) in [6.07, 6.45) is 4.79. The molecule has 0 spiro atoms. The highest BCUT2D eigenvalue weighted by molar-refractivity contribution is 5.97. The maximum atomic E-state index is 13.1. The molecule has 7 heteroatoms. The van der Waals surface area contributed by atoms with Gasteiger partial charge in [-0.2, -0.15) is 0 Å². The van der Waals surface area contributed by atoms with Gasteiger partial charge in [0.25, 0.3) is 0 Å². The maximum absolute atomic E-state index is 13.1. The van der Waals surface area contributed by atoms with Crippen molar-refractivity contribution in [2.75, 3.05) is 6.61 Å². The van der Waals surface area contributed by atoms with Crippen molar-refractivity contribution in [3.63, 3.8) is 0 Å². The number of aliphatic hydroxyl groups is 4. The molecule has 11 unspecified atom stereocenters. The molecule has 11 atom stereocenters. The highest BCUT2D eigenvalue weighted by Gasteiger charge is 2.70. The Morgan fingerprint density at radius 2 is 1.82 bits per heavy atom. The van der Waals surface area contributed by atoms with Crippen molar-refractivity contribution in [1.29, 1.82) is 0 Å². The van der Waals surface area contributed by atoms with Crippen molar-refractivity contribution < 1.29 is 34.8 Å². The molecule has 0 amide bonds. The summed E-state index contributed by atoms with van der Waals surface area (Å²) >= 11 is 0.